The molecule has 1 unspecified atom stereocenters. The van der Waals surface area contributed by atoms with Crippen molar-refractivity contribution < 1.29 is 19.5 Å². The number of rotatable bonds is 2. The fraction of sp³-hybridized carbons (Fsp3) is 0.786. The first-order valence-corrected chi connectivity index (χ1v) is 7.28. The molecule has 0 aromatic carbocycles. The molecule has 2 aliphatic heterocycles. The Morgan fingerprint density at radius 3 is 2.57 bits per heavy atom. The number of urea groups is 1. The number of nitrogens with zero attached hydrogens (tertiary/aromatic N) is 2. The van der Waals surface area contributed by atoms with Crippen LogP contribution in [0.4, 0.5) is 4.79 Å². The van der Waals surface area contributed by atoms with Gasteiger partial charge in [0.15, 0.2) is 0 Å². The van der Waals surface area contributed by atoms with E-state index in [-0.39, 0.29) is 18.0 Å². The summed E-state index contributed by atoms with van der Waals surface area (Å²) in [5.74, 6) is -0.885. The van der Waals surface area contributed by atoms with Gasteiger partial charge in [-0.3, -0.25) is 4.79 Å². The van der Waals surface area contributed by atoms with E-state index in [1.165, 1.54) is 0 Å². The maximum atomic E-state index is 12.3. The van der Waals surface area contributed by atoms with Crippen LogP contribution in [0.25, 0.3) is 0 Å². The third-order valence-electron chi connectivity index (χ3n) is 4.16. The van der Waals surface area contributed by atoms with Crippen LogP contribution in [-0.2, 0) is 9.59 Å². The third kappa shape index (κ3) is 3.28. The molecule has 2 saturated heterocycles. The number of amides is 3. The molecule has 0 aromatic rings. The Kier molecular flexibility index (Phi) is 4.11. The van der Waals surface area contributed by atoms with Crippen LogP contribution in [0, 0.1) is 5.41 Å². The molecule has 2 rings (SSSR count). The molecule has 0 bridgehead atoms. The van der Waals surface area contributed by atoms with Crippen LogP contribution in [-0.4, -0.2) is 64.5 Å². The molecule has 2 fully saturated rings. The van der Waals surface area contributed by atoms with E-state index in [0.29, 0.717) is 26.1 Å². The van der Waals surface area contributed by atoms with Crippen LogP contribution in [0.1, 0.15) is 33.6 Å². The van der Waals surface area contributed by atoms with Crippen LogP contribution in [0.3, 0.4) is 0 Å². The summed E-state index contributed by atoms with van der Waals surface area (Å²) in [5, 5.41) is 11.9. The number of piperazine rings is 1. The minimum atomic E-state index is -1.04. The Balaban J connectivity index is 1.98. The lowest BCUT2D eigenvalue weighted by Crippen LogP contribution is -2.59. The fourth-order valence-electron chi connectivity index (χ4n) is 2.91. The number of nitrogens with one attached hydrogen (secondary N) is 1. The van der Waals surface area contributed by atoms with Crippen molar-refractivity contribution in [2.45, 2.75) is 45.7 Å². The van der Waals surface area contributed by atoms with Gasteiger partial charge in [0.2, 0.25) is 5.91 Å². The Hall–Kier alpha value is -1.79. The quantitative estimate of drug-likeness (QED) is 0.776. The molecule has 118 valence electrons. The van der Waals surface area contributed by atoms with Crippen LogP contribution in [0.2, 0.25) is 0 Å². The maximum Gasteiger partial charge on any atom is 0.326 e. The molecule has 0 spiro atoms. The molecule has 2 heterocycles. The van der Waals surface area contributed by atoms with Crippen LogP contribution in [0.5, 0.6) is 0 Å². The van der Waals surface area contributed by atoms with E-state index in [1.54, 1.807) is 25.7 Å². The third-order valence-corrected chi connectivity index (χ3v) is 4.16. The van der Waals surface area contributed by atoms with Crippen molar-refractivity contribution in [2.24, 2.45) is 5.41 Å². The van der Waals surface area contributed by atoms with Gasteiger partial charge in [-0.25, -0.2) is 9.59 Å². The second-order valence-corrected chi connectivity index (χ2v) is 6.81. The van der Waals surface area contributed by atoms with Gasteiger partial charge in [0.25, 0.3) is 0 Å². The van der Waals surface area contributed by atoms with Gasteiger partial charge in [-0.05, 0) is 11.8 Å². The Labute approximate surface area is 124 Å². The van der Waals surface area contributed by atoms with Gasteiger partial charge in [-0.2, -0.15) is 0 Å². The van der Waals surface area contributed by atoms with Crippen molar-refractivity contribution in [2.75, 3.05) is 19.6 Å². The summed E-state index contributed by atoms with van der Waals surface area (Å²) in [5.41, 5.74) is -0.563. The predicted molar refractivity (Wildman–Crippen MR) is 75.7 cm³/mol. The zero-order valence-corrected chi connectivity index (χ0v) is 12.8. The number of fused-ring (bicyclic) bond motifs is 1. The number of carboxylic acid groups (broad SMARTS) is 1. The highest BCUT2D eigenvalue weighted by Crippen LogP contribution is 2.24. The van der Waals surface area contributed by atoms with Crippen LogP contribution < -0.4 is 5.32 Å². The van der Waals surface area contributed by atoms with E-state index in [9.17, 15) is 19.5 Å². The van der Waals surface area contributed by atoms with Crippen molar-refractivity contribution in [1.29, 1.82) is 0 Å². The highest BCUT2D eigenvalue weighted by Gasteiger charge is 2.39. The number of carboxylic acids is 1. The lowest BCUT2D eigenvalue weighted by molar-refractivity contribution is -0.142. The van der Waals surface area contributed by atoms with E-state index < -0.39 is 17.4 Å². The summed E-state index contributed by atoms with van der Waals surface area (Å²) in [6, 6.07) is -1.22. The topological polar surface area (TPSA) is 90.0 Å². The van der Waals surface area contributed by atoms with Crippen molar-refractivity contribution in [3.8, 4) is 0 Å². The van der Waals surface area contributed by atoms with Gasteiger partial charge in [0, 0.05) is 32.1 Å². The summed E-state index contributed by atoms with van der Waals surface area (Å²) in [4.78, 5) is 38.6. The van der Waals surface area contributed by atoms with Gasteiger partial charge < -0.3 is 20.2 Å². The van der Waals surface area contributed by atoms with Gasteiger partial charge in [0.1, 0.15) is 6.04 Å². The van der Waals surface area contributed by atoms with Gasteiger partial charge in [-0.15, -0.1) is 0 Å². The SMILES string of the molecule is CC(C)(C)[C@H](NC(=O)N1CCN2C(=O)CCC2C1)C(=O)O. The highest BCUT2D eigenvalue weighted by atomic mass is 16.4. The molecule has 0 saturated carbocycles. The van der Waals surface area contributed by atoms with Crippen LogP contribution in [0.15, 0.2) is 0 Å². The Bertz CT molecular complexity index is 458. The molecule has 7 nitrogen and oxygen atoms in total. The summed E-state index contributed by atoms with van der Waals surface area (Å²) in [6.45, 7) is 6.79. The van der Waals surface area contributed by atoms with Crippen molar-refractivity contribution in [1.82, 2.24) is 15.1 Å². The predicted octanol–water partition coefficient (Wildman–Crippen LogP) is 0.502. The van der Waals surface area contributed by atoms with Gasteiger partial charge >= 0.3 is 12.0 Å². The van der Waals surface area contributed by atoms with E-state index in [4.69, 9.17) is 0 Å². The second-order valence-electron chi connectivity index (χ2n) is 6.81. The molecular formula is C14H23N3O4. The first kappa shape index (κ1) is 15.6. The number of carbonyl (C=O) groups excluding carboxylic acids is 2. The first-order chi connectivity index (χ1) is 9.70. The minimum Gasteiger partial charge on any atom is -0.480 e. The van der Waals surface area contributed by atoms with Crippen molar-refractivity contribution >= 4 is 17.9 Å². The number of hydrogen-bond donors (Lipinski definition) is 2. The summed E-state index contributed by atoms with van der Waals surface area (Å²) in [6.07, 6.45) is 1.31. The van der Waals surface area contributed by atoms with Gasteiger partial charge in [0.05, 0.1) is 0 Å². The van der Waals surface area contributed by atoms with E-state index >= 15 is 0 Å². The maximum absolute atomic E-state index is 12.3. The molecule has 0 radical (unpaired) electrons. The Morgan fingerprint density at radius 1 is 1.33 bits per heavy atom. The minimum absolute atomic E-state index is 0.0786. The number of aliphatic carboxylic acids is 1. The van der Waals surface area contributed by atoms with Crippen molar-refractivity contribution in [3.05, 3.63) is 0 Å². The lowest BCUT2D eigenvalue weighted by atomic mass is 9.87. The summed E-state index contributed by atoms with van der Waals surface area (Å²) >= 11 is 0. The summed E-state index contributed by atoms with van der Waals surface area (Å²) < 4.78 is 0. The fourth-order valence-corrected chi connectivity index (χ4v) is 2.91. The normalized spacial score (nSPS) is 23.8. The Morgan fingerprint density at radius 2 is 2.00 bits per heavy atom. The van der Waals surface area contributed by atoms with E-state index in [0.717, 1.165) is 6.42 Å². The number of carbonyl (C=O) groups is 3. The molecule has 2 atom stereocenters. The smallest absolute Gasteiger partial charge is 0.326 e. The molecular weight excluding hydrogens is 274 g/mol. The number of hydrogen-bond acceptors (Lipinski definition) is 3. The average molecular weight is 297 g/mol. The standard InChI is InChI=1S/C14H23N3O4/c1-14(2,3)11(12(19)20)15-13(21)16-6-7-17-9(8-16)4-5-10(17)18/h9,11H,4-8H2,1-3H3,(H,15,21)(H,19,20)/t9?,11-/m1/s1. The molecule has 0 aliphatic carbocycles. The monoisotopic (exact) mass is 297 g/mol. The lowest BCUT2D eigenvalue weighted by Gasteiger charge is -2.38. The van der Waals surface area contributed by atoms with Crippen LogP contribution >= 0.6 is 0 Å². The van der Waals surface area contributed by atoms with E-state index in [2.05, 4.69) is 5.32 Å². The molecule has 7 heteroatoms. The average Bonchev–Trinajstić information content (AvgIpc) is 2.75. The molecule has 0 aromatic heterocycles. The summed E-state index contributed by atoms with van der Waals surface area (Å²) in [7, 11) is 0. The van der Waals surface area contributed by atoms with Gasteiger partial charge in [-0.1, -0.05) is 20.8 Å². The first-order valence-electron chi connectivity index (χ1n) is 7.28. The molecule has 3 amide bonds. The molecule has 2 aliphatic rings. The molecule has 2 N–H and O–H groups in total. The van der Waals surface area contributed by atoms with E-state index in [1.807, 2.05) is 4.90 Å². The molecule has 21 heavy (non-hydrogen) atoms. The van der Waals surface area contributed by atoms with Crippen molar-refractivity contribution in [3.63, 3.8) is 0 Å². The largest absolute Gasteiger partial charge is 0.480 e. The highest BCUT2D eigenvalue weighted by molar-refractivity contribution is 5.84. The zero-order valence-electron chi connectivity index (χ0n) is 12.8. The zero-order chi connectivity index (χ0) is 15.8. The second kappa shape index (κ2) is 5.54.